The highest BCUT2D eigenvalue weighted by atomic mass is 16.5. The molecule has 0 atom stereocenters. The number of aromatic nitrogens is 5. The van der Waals surface area contributed by atoms with Gasteiger partial charge in [0.15, 0.2) is 5.82 Å². The third-order valence-corrected chi connectivity index (χ3v) is 4.45. The summed E-state index contributed by atoms with van der Waals surface area (Å²) in [4.78, 5) is 25.4. The monoisotopic (exact) mass is 388 g/mol. The molecule has 0 aliphatic rings. The first-order valence-corrected chi connectivity index (χ1v) is 9.40. The number of nitrogens with zero attached hydrogens (tertiary/aromatic N) is 5. The van der Waals surface area contributed by atoms with Gasteiger partial charge in [0, 0.05) is 30.1 Å². The molecule has 29 heavy (non-hydrogen) atoms. The molecule has 8 heteroatoms. The molecule has 1 amide bonds. The highest BCUT2D eigenvalue weighted by Crippen LogP contribution is 2.19. The summed E-state index contributed by atoms with van der Waals surface area (Å²) in [5.74, 6) is 1.39. The first kappa shape index (κ1) is 18.5. The standard InChI is InChI=1S/C21H20N6O2/c1-3-14-6-5-7-16(10-14)24-20(28)17-12-27(13-23-17)19-11-15(8-9-22-19)21-25-18(4-2)26-29-21/h5-13H,3-4H2,1-2H3,(H,24,28). The van der Waals surface area contributed by atoms with E-state index >= 15 is 0 Å². The Morgan fingerprint density at radius 2 is 2.03 bits per heavy atom. The number of benzene rings is 1. The lowest BCUT2D eigenvalue weighted by atomic mass is 10.1. The molecule has 0 fully saturated rings. The Kier molecular flexibility index (Phi) is 5.15. The summed E-state index contributed by atoms with van der Waals surface area (Å²) in [7, 11) is 0. The van der Waals surface area contributed by atoms with Gasteiger partial charge in [0.25, 0.3) is 11.8 Å². The van der Waals surface area contributed by atoms with Crippen molar-refractivity contribution in [3.63, 3.8) is 0 Å². The fourth-order valence-corrected chi connectivity index (χ4v) is 2.84. The van der Waals surface area contributed by atoms with Crippen molar-refractivity contribution < 1.29 is 9.32 Å². The Morgan fingerprint density at radius 1 is 1.14 bits per heavy atom. The van der Waals surface area contributed by atoms with Crippen LogP contribution in [0.4, 0.5) is 5.69 Å². The summed E-state index contributed by atoms with van der Waals surface area (Å²) in [6.07, 6.45) is 6.43. The van der Waals surface area contributed by atoms with Crippen LogP contribution in [-0.2, 0) is 12.8 Å². The van der Waals surface area contributed by atoms with Gasteiger partial charge in [-0.05, 0) is 36.2 Å². The number of carbonyl (C=O) groups is 1. The topological polar surface area (TPSA) is 98.7 Å². The van der Waals surface area contributed by atoms with Crippen molar-refractivity contribution in [3.05, 3.63) is 72.2 Å². The molecule has 8 nitrogen and oxygen atoms in total. The van der Waals surface area contributed by atoms with Gasteiger partial charge in [-0.1, -0.05) is 31.1 Å². The van der Waals surface area contributed by atoms with Gasteiger partial charge in [-0.15, -0.1) is 0 Å². The molecule has 0 radical (unpaired) electrons. The fourth-order valence-electron chi connectivity index (χ4n) is 2.84. The van der Waals surface area contributed by atoms with Gasteiger partial charge in [-0.2, -0.15) is 4.98 Å². The molecule has 0 aliphatic heterocycles. The molecule has 0 bridgehead atoms. The summed E-state index contributed by atoms with van der Waals surface area (Å²) >= 11 is 0. The van der Waals surface area contributed by atoms with E-state index in [1.807, 2.05) is 31.2 Å². The maximum atomic E-state index is 12.5. The number of aryl methyl sites for hydroxylation is 2. The first-order valence-electron chi connectivity index (χ1n) is 9.40. The van der Waals surface area contributed by atoms with Gasteiger partial charge < -0.3 is 9.84 Å². The third-order valence-electron chi connectivity index (χ3n) is 4.45. The highest BCUT2D eigenvalue weighted by Gasteiger charge is 2.13. The molecule has 1 aromatic carbocycles. The molecule has 3 heterocycles. The van der Waals surface area contributed by atoms with Gasteiger partial charge in [0.2, 0.25) is 0 Å². The normalized spacial score (nSPS) is 10.8. The highest BCUT2D eigenvalue weighted by molar-refractivity contribution is 6.02. The number of anilines is 1. The van der Waals surface area contributed by atoms with E-state index in [9.17, 15) is 4.79 Å². The van der Waals surface area contributed by atoms with Crippen LogP contribution in [-0.4, -0.2) is 30.6 Å². The summed E-state index contributed by atoms with van der Waals surface area (Å²) < 4.78 is 6.96. The van der Waals surface area contributed by atoms with E-state index in [0.717, 1.165) is 23.2 Å². The summed E-state index contributed by atoms with van der Waals surface area (Å²) in [6.45, 7) is 4.03. The molecule has 0 saturated heterocycles. The van der Waals surface area contributed by atoms with Crippen molar-refractivity contribution in [2.24, 2.45) is 0 Å². The van der Waals surface area contributed by atoms with Crippen LogP contribution in [0, 0.1) is 0 Å². The largest absolute Gasteiger partial charge is 0.334 e. The van der Waals surface area contributed by atoms with Crippen molar-refractivity contribution in [1.82, 2.24) is 24.7 Å². The molecule has 3 aromatic heterocycles. The number of hydrogen-bond donors (Lipinski definition) is 1. The number of rotatable bonds is 6. The SMILES string of the molecule is CCc1cccc(NC(=O)c2cn(-c3cc(-c4nc(CC)no4)ccn3)cn2)c1. The number of carbonyl (C=O) groups excluding carboxylic acids is 1. The smallest absolute Gasteiger partial charge is 0.275 e. The maximum absolute atomic E-state index is 12.5. The Balaban J connectivity index is 1.54. The van der Waals surface area contributed by atoms with Gasteiger partial charge in [-0.25, -0.2) is 9.97 Å². The lowest BCUT2D eigenvalue weighted by molar-refractivity contribution is 0.102. The van der Waals surface area contributed by atoms with Crippen LogP contribution in [0.5, 0.6) is 0 Å². The molecule has 0 unspecified atom stereocenters. The van der Waals surface area contributed by atoms with E-state index in [2.05, 4.69) is 32.3 Å². The minimum Gasteiger partial charge on any atom is -0.334 e. The predicted molar refractivity (Wildman–Crippen MR) is 108 cm³/mol. The molecule has 146 valence electrons. The summed E-state index contributed by atoms with van der Waals surface area (Å²) in [5, 5.41) is 6.79. The van der Waals surface area contributed by atoms with Crippen LogP contribution in [0.1, 0.15) is 35.7 Å². The average Bonchev–Trinajstić information content (AvgIpc) is 3.44. The zero-order chi connectivity index (χ0) is 20.2. The molecular formula is C21H20N6O2. The minimum atomic E-state index is -0.280. The average molecular weight is 388 g/mol. The predicted octanol–water partition coefficient (Wildman–Crippen LogP) is 3.69. The zero-order valence-corrected chi connectivity index (χ0v) is 16.2. The quantitative estimate of drug-likeness (QED) is 0.541. The van der Waals surface area contributed by atoms with E-state index in [1.165, 1.54) is 0 Å². The van der Waals surface area contributed by atoms with E-state index in [-0.39, 0.29) is 5.91 Å². The second-order valence-electron chi connectivity index (χ2n) is 6.45. The number of hydrogen-bond acceptors (Lipinski definition) is 6. The molecule has 0 spiro atoms. The van der Waals surface area contributed by atoms with Gasteiger partial charge >= 0.3 is 0 Å². The summed E-state index contributed by atoms with van der Waals surface area (Å²) in [5.41, 5.74) is 2.94. The first-order chi connectivity index (χ1) is 14.2. The maximum Gasteiger partial charge on any atom is 0.275 e. The van der Waals surface area contributed by atoms with Crippen molar-refractivity contribution in [1.29, 1.82) is 0 Å². The number of pyridine rings is 1. The van der Waals surface area contributed by atoms with Crippen molar-refractivity contribution in [2.45, 2.75) is 26.7 Å². The van der Waals surface area contributed by atoms with Crippen LogP contribution in [0.15, 0.2) is 59.6 Å². The van der Waals surface area contributed by atoms with E-state index in [4.69, 9.17) is 4.52 Å². The Morgan fingerprint density at radius 3 is 2.83 bits per heavy atom. The third kappa shape index (κ3) is 4.06. The Bertz CT molecular complexity index is 1150. The second-order valence-corrected chi connectivity index (χ2v) is 6.45. The lowest BCUT2D eigenvalue weighted by Gasteiger charge is -2.05. The molecule has 0 aliphatic carbocycles. The fraction of sp³-hybridized carbons (Fsp3) is 0.190. The van der Waals surface area contributed by atoms with Crippen LogP contribution >= 0.6 is 0 Å². The van der Waals surface area contributed by atoms with Gasteiger partial charge in [-0.3, -0.25) is 9.36 Å². The molecule has 4 aromatic rings. The molecular weight excluding hydrogens is 368 g/mol. The number of amides is 1. The molecule has 1 N–H and O–H groups in total. The van der Waals surface area contributed by atoms with Gasteiger partial charge in [0.05, 0.1) is 0 Å². The van der Waals surface area contributed by atoms with Crippen molar-refractivity contribution in [3.8, 4) is 17.3 Å². The van der Waals surface area contributed by atoms with Crippen LogP contribution in [0.2, 0.25) is 0 Å². The molecule has 0 saturated carbocycles. The zero-order valence-electron chi connectivity index (χ0n) is 16.2. The van der Waals surface area contributed by atoms with E-state index < -0.39 is 0 Å². The minimum absolute atomic E-state index is 0.280. The van der Waals surface area contributed by atoms with Gasteiger partial charge in [0.1, 0.15) is 17.8 Å². The second kappa shape index (κ2) is 8.05. The summed E-state index contributed by atoms with van der Waals surface area (Å²) in [6, 6.07) is 11.4. The lowest BCUT2D eigenvalue weighted by Crippen LogP contribution is -2.12. The van der Waals surface area contributed by atoms with Crippen LogP contribution in [0.25, 0.3) is 17.3 Å². The van der Waals surface area contributed by atoms with Crippen LogP contribution in [0.3, 0.4) is 0 Å². The number of imidazole rings is 1. The van der Waals surface area contributed by atoms with Crippen molar-refractivity contribution >= 4 is 11.6 Å². The van der Waals surface area contributed by atoms with E-state index in [0.29, 0.717) is 29.6 Å². The number of nitrogens with one attached hydrogen (secondary N) is 1. The van der Waals surface area contributed by atoms with E-state index in [1.54, 1.807) is 35.4 Å². The Hall–Kier alpha value is -3.81. The van der Waals surface area contributed by atoms with Crippen molar-refractivity contribution in [2.75, 3.05) is 5.32 Å². The Labute approximate surface area is 167 Å². The van der Waals surface area contributed by atoms with Crippen LogP contribution < -0.4 is 5.32 Å². The molecule has 4 rings (SSSR count).